The second-order valence-corrected chi connectivity index (χ2v) is 8.45. The third kappa shape index (κ3) is 3.59. The van der Waals surface area contributed by atoms with Gasteiger partial charge in [-0.3, -0.25) is 9.48 Å². The summed E-state index contributed by atoms with van der Waals surface area (Å²) in [6.07, 6.45) is 2.93. The number of nitrogens with one attached hydrogen (secondary N) is 1. The molecule has 10 heteroatoms. The minimum absolute atomic E-state index is 0.0258. The number of carbonyl (C=O) groups is 1. The number of aryl methyl sites for hydroxylation is 1. The first kappa shape index (κ1) is 17.6. The highest BCUT2D eigenvalue weighted by atomic mass is 32.2. The highest BCUT2D eigenvalue weighted by Crippen LogP contribution is 2.21. The molecular weight excluding hydrogens is 344 g/mol. The zero-order chi connectivity index (χ0) is 18.2. The molecule has 0 aliphatic carbocycles. The average molecular weight is 366 g/mol. The van der Waals surface area contributed by atoms with Gasteiger partial charge in [0.15, 0.2) is 5.03 Å². The number of rotatable bonds is 5. The Hall–Kier alpha value is -2.20. The van der Waals surface area contributed by atoms with Gasteiger partial charge in [0.25, 0.3) is 15.9 Å². The molecule has 9 nitrogen and oxygen atoms in total. The highest BCUT2D eigenvalue weighted by molar-refractivity contribution is 7.89. The van der Waals surface area contributed by atoms with E-state index in [1.54, 1.807) is 22.4 Å². The van der Waals surface area contributed by atoms with Crippen molar-refractivity contribution >= 4 is 15.9 Å². The van der Waals surface area contributed by atoms with E-state index in [1.807, 2.05) is 13.8 Å². The molecular formula is C15H22N6O3S. The predicted octanol–water partition coefficient (Wildman–Crippen LogP) is 0.207. The predicted molar refractivity (Wildman–Crippen MR) is 90.2 cm³/mol. The molecule has 3 rings (SSSR count). The largest absolute Gasteiger partial charge is 0.350 e. The second-order valence-electron chi connectivity index (χ2n) is 6.56. The Labute approximate surface area is 146 Å². The van der Waals surface area contributed by atoms with Crippen molar-refractivity contribution in [3.8, 4) is 0 Å². The van der Waals surface area contributed by atoms with Crippen molar-refractivity contribution < 1.29 is 13.2 Å². The van der Waals surface area contributed by atoms with Crippen LogP contribution in [0.25, 0.3) is 0 Å². The van der Waals surface area contributed by atoms with Crippen molar-refractivity contribution in [3.05, 3.63) is 30.0 Å². The van der Waals surface area contributed by atoms with E-state index in [0.717, 1.165) is 0 Å². The SMILES string of the molecule is CC(C)CNC(=O)c1cc2n(n1)CCN(S(=O)(=O)c1cn(C)cn1)C2. The van der Waals surface area contributed by atoms with Crippen molar-refractivity contribution in [3.63, 3.8) is 0 Å². The number of hydrogen-bond acceptors (Lipinski definition) is 5. The number of carbonyl (C=O) groups excluding carboxylic acids is 1. The molecule has 2 aromatic rings. The summed E-state index contributed by atoms with van der Waals surface area (Å²) in [4.78, 5) is 16.1. The van der Waals surface area contributed by atoms with Crippen LogP contribution in [-0.4, -0.2) is 51.1 Å². The molecule has 1 aliphatic rings. The van der Waals surface area contributed by atoms with E-state index in [-0.39, 0.29) is 17.5 Å². The van der Waals surface area contributed by atoms with Crippen molar-refractivity contribution in [1.82, 2.24) is 29.0 Å². The van der Waals surface area contributed by atoms with Gasteiger partial charge >= 0.3 is 0 Å². The summed E-state index contributed by atoms with van der Waals surface area (Å²) in [7, 11) is -1.94. The maximum Gasteiger partial charge on any atom is 0.271 e. The first-order valence-corrected chi connectivity index (χ1v) is 9.54. The summed E-state index contributed by atoms with van der Waals surface area (Å²) >= 11 is 0. The van der Waals surface area contributed by atoms with Crippen LogP contribution in [0.1, 0.15) is 30.0 Å². The number of hydrogen-bond donors (Lipinski definition) is 1. The van der Waals surface area contributed by atoms with Crippen molar-refractivity contribution in [2.24, 2.45) is 13.0 Å². The van der Waals surface area contributed by atoms with Gasteiger partial charge < -0.3 is 9.88 Å². The van der Waals surface area contributed by atoms with E-state index < -0.39 is 10.0 Å². The van der Waals surface area contributed by atoms with Crippen molar-refractivity contribution in [2.75, 3.05) is 13.1 Å². The first-order valence-electron chi connectivity index (χ1n) is 8.10. The molecule has 0 fully saturated rings. The molecule has 0 unspecified atom stereocenters. The molecule has 136 valence electrons. The van der Waals surface area contributed by atoms with Crippen LogP contribution in [0.15, 0.2) is 23.6 Å². The number of imidazole rings is 1. The minimum atomic E-state index is -3.66. The molecule has 1 aliphatic heterocycles. The maximum absolute atomic E-state index is 12.7. The normalized spacial score (nSPS) is 15.4. The van der Waals surface area contributed by atoms with E-state index in [1.165, 1.54) is 16.8 Å². The quantitative estimate of drug-likeness (QED) is 0.815. The molecule has 1 amide bonds. The molecule has 0 radical (unpaired) electrons. The van der Waals surface area contributed by atoms with E-state index in [0.29, 0.717) is 36.9 Å². The maximum atomic E-state index is 12.7. The van der Waals surface area contributed by atoms with Gasteiger partial charge in [0.2, 0.25) is 0 Å². The van der Waals surface area contributed by atoms with E-state index in [9.17, 15) is 13.2 Å². The van der Waals surface area contributed by atoms with Crippen LogP contribution in [0.5, 0.6) is 0 Å². The summed E-state index contributed by atoms with van der Waals surface area (Å²) in [5, 5.41) is 7.13. The zero-order valence-electron chi connectivity index (χ0n) is 14.5. The molecule has 2 aromatic heterocycles. The van der Waals surface area contributed by atoms with Crippen LogP contribution in [-0.2, 0) is 30.2 Å². The minimum Gasteiger partial charge on any atom is -0.350 e. The molecule has 25 heavy (non-hydrogen) atoms. The Kier molecular flexibility index (Phi) is 4.65. The molecule has 0 saturated heterocycles. The van der Waals surface area contributed by atoms with Gasteiger partial charge in [-0.2, -0.15) is 9.40 Å². The van der Waals surface area contributed by atoms with Crippen LogP contribution in [0.4, 0.5) is 0 Å². The topological polar surface area (TPSA) is 102 Å². The van der Waals surface area contributed by atoms with E-state index in [2.05, 4.69) is 15.4 Å². The number of nitrogens with zero attached hydrogens (tertiary/aromatic N) is 5. The fourth-order valence-corrected chi connectivity index (χ4v) is 3.97. The third-order valence-corrected chi connectivity index (χ3v) is 5.68. The number of aromatic nitrogens is 4. The lowest BCUT2D eigenvalue weighted by atomic mass is 10.2. The lowest BCUT2D eigenvalue weighted by Crippen LogP contribution is -2.38. The summed E-state index contributed by atoms with van der Waals surface area (Å²) in [6, 6.07) is 1.65. The average Bonchev–Trinajstić information content (AvgIpc) is 3.18. The summed E-state index contributed by atoms with van der Waals surface area (Å²) in [5.74, 6) is 0.106. The third-order valence-electron chi connectivity index (χ3n) is 3.95. The Morgan fingerprint density at radius 2 is 2.12 bits per heavy atom. The van der Waals surface area contributed by atoms with Gasteiger partial charge in [0.05, 0.1) is 25.1 Å². The summed E-state index contributed by atoms with van der Waals surface area (Å²) in [6.45, 7) is 5.46. The molecule has 0 atom stereocenters. The molecule has 0 saturated carbocycles. The van der Waals surface area contributed by atoms with E-state index >= 15 is 0 Å². The number of sulfonamides is 1. The Morgan fingerprint density at radius 3 is 2.76 bits per heavy atom. The summed E-state index contributed by atoms with van der Waals surface area (Å²) < 4.78 is 30.0. The zero-order valence-corrected chi connectivity index (χ0v) is 15.3. The van der Waals surface area contributed by atoms with Crippen LogP contribution in [0.3, 0.4) is 0 Å². The van der Waals surface area contributed by atoms with Gasteiger partial charge in [-0.1, -0.05) is 13.8 Å². The van der Waals surface area contributed by atoms with Gasteiger partial charge in [0.1, 0.15) is 5.69 Å². The molecule has 0 aromatic carbocycles. The van der Waals surface area contributed by atoms with Gasteiger partial charge in [-0.25, -0.2) is 13.4 Å². The fraction of sp³-hybridized carbons (Fsp3) is 0.533. The van der Waals surface area contributed by atoms with Crippen molar-refractivity contribution in [2.45, 2.75) is 32.0 Å². The molecule has 0 spiro atoms. The molecule has 3 heterocycles. The lowest BCUT2D eigenvalue weighted by molar-refractivity contribution is 0.0943. The molecule has 0 bridgehead atoms. The van der Waals surface area contributed by atoms with Gasteiger partial charge in [-0.15, -0.1) is 0 Å². The van der Waals surface area contributed by atoms with Crippen LogP contribution < -0.4 is 5.32 Å². The van der Waals surface area contributed by atoms with Crippen LogP contribution >= 0.6 is 0 Å². The fourth-order valence-electron chi connectivity index (χ4n) is 2.60. The Balaban J connectivity index is 1.77. The highest BCUT2D eigenvalue weighted by Gasteiger charge is 2.31. The van der Waals surface area contributed by atoms with Crippen molar-refractivity contribution in [1.29, 1.82) is 0 Å². The van der Waals surface area contributed by atoms with E-state index in [4.69, 9.17) is 0 Å². The Bertz CT molecular complexity index is 883. The van der Waals surface area contributed by atoms with Crippen LogP contribution in [0.2, 0.25) is 0 Å². The monoisotopic (exact) mass is 366 g/mol. The number of amides is 1. The lowest BCUT2D eigenvalue weighted by Gasteiger charge is -2.25. The Morgan fingerprint density at radius 1 is 1.36 bits per heavy atom. The smallest absolute Gasteiger partial charge is 0.271 e. The summed E-state index contributed by atoms with van der Waals surface area (Å²) in [5.41, 5.74) is 1.01. The molecule has 1 N–H and O–H groups in total. The first-order chi connectivity index (χ1) is 11.8. The number of fused-ring (bicyclic) bond motifs is 1. The standard InChI is InChI=1S/C15H22N6O3S/c1-11(2)7-16-15(22)13-6-12-8-20(4-5-21(12)18-13)25(23,24)14-9-19(3)10-17-14/h6,9-11H,4-5,7-8H2,1-3H3,(H,16,22). The van der Waals surface area contributed by atoms with Gasteiger partial charge in [-0.05, 0) is 12.0 Å². The van der Waals surface area contributed by atoms with Gasteiger partial charge in [0, 0.05) is 26.3 Å². The second kappa shape index (κ2) is 6.60. The van der Waals surface area contributed by atoms with Crippen LogP contribution in [0, 0.1) is 5.92 Å².